The minimum absolute atomic E-state index is 0.0565. The molecule has 0 aromatic heterocycles. The summed E-state index contributed by atoms with van der Waals surface area (Å²) in [6, 6.07) is 14.3. The standard InChI is InChI=1S/C21H26FNO2/c1-15(2)14-20(17-8-11-18(25-3)12-9-17)23-21(24)13-10-16-6-4-5-7-19(16)22/h4-9,11-12,15,20H,10,13-14H2,1-3H3,(H,23,24)/t20-/m1/s1. The molecule has 0 aliphatic rings. The smallest absolute Gasteiger partial charge is 0.220 e. The summed E-state index contributed by atoms with van der Waals surface area (Å²) in [4.78, 5) is 12.4. The Labute approximate surface area is 149 Å². The number of hydrogen-bond donors (Lipinski definition) is 1. The van der Waals surface area contributed by atoms with E-state index in [2.05, 4.69) is 19.2 Å². The summed E-state index contributed by atoms with van der Waals surface area (Å²) in [6.45, 7) is 4.25. The lowest BCUT2D eigenvalue weighted by Crippen LogP contribution is -2.29. The number of aryl methyl sites for hydroxylation is 1. The topological polar surface area (TPSA) is 38.3 Å². The molecule has 1 atom stereocenters. The number of benzene rings is 2. The van der Waals surface area contributed by atoms with Crippen LogP contribution in [0.1, 0.15) is 43.9 Å². The van der Waals surface area contributed by atoms with E-state index in [0.717, 1.165) is 17.7 Å². The zero-order chi connectivity index (χ0) is 18.2. The minimum atomic E-state index is -0.260. The van der Waals surface area contributed by atoms with Gasteiger partial charge in [-0.3, -0.25) is 4.79 Å². The van der Waals surface area contributed by atoms with Crippen LogP contribution in [0.4, 0.5) is 4.39 Å². The van der Waals surface area contributed by atoms with Crippen molar-refractivity contribution >= 4 is 5.91 Å². The average molecular weight is 343 g/mol. The van der Waals surface area contributed by atoms with Gasteiger partial charge in [-0.15, -0.1) is 0 Å². The van der Waals surface area contributed by atoms with E-state index in [4.69, 9.17) is 4.74 Å². The van der Waals surface area contributed by atoms with Crippen molar-refractivity contribution in [1.82, 2.24) is 5.32 Å². The zero-order valence-electron chi connectivity index (χ0n) is 15.1. The van der Waals surface area contributed by atoms with Crippen LogP contribution in [-0.2, 0) is 11.2 Å². The number of amides is 1. The molecule has 0 unspecified atom stereocenters. The first-order valence-electron chi connectivity index (χ1n) is 8.66. The third kappa shape index (κ3) is 5.89. The van der Waals surface area contributed by atoms with Gasteiger partial charge in [-0.1, -0.05) is 44.2 Å². The van der Waals surface area contributed by atoms with Crippen molar-refractivity contribution in [2.24, 2.45) is 5.92 Å². The van der Waals surface area contributed by atoms with Crippen LogP contribution >= 0.6 is 0 Å². The molecule has 0 heterocycles. The van der Waals surface area contributed by atoms with Crippen LogP contribution in [0, 0.1) is 11.7 Å². The Morgan fingerprint density at radius 3 is 2.40 bits per heavy atom. The lowest BCUT2D eigenvalue weighted by molar-refractivity contribution is -0.121. The quantitative estimate of drug-likeness (QED) is 0.756. The third-order valence-electron chi connectivity index (χ3n) is 4.14. The molecular weight excluding hydrogens is 317 g/mol. The van der Waals surface area contributed by atoms with Gasteiger partial charge in [0.25, 0.3) is 0 Å². The molecule has 1 amide bonds. The molecule has 2 rings (SSSR count). The molecule has 0 fully saturated rings. The maximum atomic E-state index is 13.7. The van der Waals surface area contributed by atoms with E-state index in [1.807, 2.05) is 24.3 Å². The van der Waals surface area contributed by atoms with Crippen molar-refractivity contribution < 1.29 is 13.9 Å². The van der Waals surface area contributed by atoms with Crippen molar-refractivity contribution in [2.45, 2.75) is 39.2 Å². The molecule has 4 heteroatoms. The van der Waals surface area contributed by atoms with E-state index < -0.39 is 0 Å². The van der Waals surface area contributed by atoms with Gasteiger partial charge < -0.3 is 10.1 Å². The lowest BCUT2D eigenvalue weighted by Gasteiger charge is -2.21. The first-order chi connectivity index (χ1) is 12.0. The third-order valence-corrected chi connectivity index (χ3v) is 4.14. The van der Waals surface area contributed by atoms with Crippen molar-refractivity contribution in [3.63, 3.8) is 0 Å². The van der Waals surface area contributed by atoms with Gasteiger partial charge in [0, 0.05) is 6.42 Å². The van der Waals surface area contributed by atoms with Gasteiger partial charge in [0.05, 0.1) is 13.2 Å². The normalized spacial score (nSPS) is 12.0. The Bertz CT molecular complexity index is 683. The molecule has 2 aromatic rings. The maximum Gasteiger partial charge on any atom is 0.220 e. The highest BCUT2D eigenvalue weighted by Crippen LogP contribution is 2.24. The molecule has 134 valence electrons. The van der Waals surface area contributed by atoms with E-state index in [1.165, 1.54) is 6.07 Å². The molecule has 0 aliphatic heterocycles. The van der Waals surface area contributed by atoms with Crippen molar-refractivity contribution in [3.05, 3.63) is 65.5 Å². The van der Waals surface area contributed by atoms with E-state index in [1.54, 1.807) is 25.3 Å². The number of carbonyl (C=O) groups is 1. The highest BCUT2D eigenvalue weighted by molar-refractivity contribution is 5.76. The van der Waals surface area contributed by atoms with E-state index in [0.29, 0.717) is 17.9 Å². The second-order valence-corrected chi connectivity index (χ2v) is 6.61. The first kappa shape index (κ1) is 19.0. The Morgan fingerprint density at radius 2 is 1.80 bits per heavy atom. The lowest BCUT2D eigenvalue weighted by atomic mass is 9.96. The fourth-order valence-corrected chi connectivity index (χ4v) is 2.80. The van der Waals surface area contributed by atoms with E-state index in [9.17, 15) is 9.18 Å². The van der Waals surface area contributed by atoms with Gasteiger partial charge in [0.15, 0.2) is 0 Å². The summed E-state index contributed by atoms with van der Waals surface area (Å²) in [5.41, 5.74) is 1.62. The summed E-state index contributed by atoms with van der Waals surface area (Å²) >= 11 is 0. The van der Waals surface area contributed by atoms with Crippen molar-refractivity contribution in [3.8, 4) is 5.75 Å². The van der Waals surface area contributed by atoms with Gasteiger partial charge in [-0.05, 0) is 48.1 Å². The molecular formula is C21H26FNO2. The molecule has 2 aromatic carbocycles. The van der Waals surface area contributed by atoms with Gasteiger partial charge >= 0.3 is 0 Å². The van der Waals surface area contributed by atoms with Crippen LogP contribution in [-0.4, -0.2) is 13.0 Å². The molecule has 3 nitrogen and oxygen atoms in total. The summed E-state index contributed by atoms with van der Waals surface area (Å²) in [5, 5.41) is 3.09. The highest BCUT2D eigenvalue weighted by Gasteiger charge is 2.16. The number of ether oxygens (including phenoxy) is 1. The molecule has 25 heavy (non-hydrogen) atoms. The zero-order valence-corrected chi connectivity index (χ0v) is 15.1. The predicted octanol–water partition coefficient (Wildman–Crippen LogP) is 4.67. The van der Waals surface area contributed by atoms with Gasteiger partial charge in [0.2, 0.25) is 5.91 Å². The van der Waals surface area contributed by atoms with E-state index >= 15 is 0 Å². The van der Waals surface area contributed by atoms with Crippen molar-refractivity contribution in [2.75, 3.05) is 7.11 Å². The summed E-state index contributed by atoms with van der Waals surface area (Å²) in [7, 11) is 1.63. The second-order valence-electron chi connectivity index (χ2n) is 6.61. The van der Waals surface area contributed by atoms with Crippen LogP contribution < -0.4 is 10.1 Å². The number of halogens is 1. The molecule has 0 radical (unpaired) electrons. The van der Waals surface area contributed by atoms with Crippen LogP contribution in [0.15, 0.2) is 48.5 Å². The molecule has 0 saturated heterocycles. The number of nitrogens with one attached hydrogen (secondary N) is 1. The number of hydrogen-bond acceptors (Lipinski definition) is 2. The monoisotopic (exact) mass is 343 g/mol. The molecule has 1 N–H and O–H groups in total. The highest BCUT2D eigenvalue weighted by atomic mass is 19.1. The van der Waals surface area contributed by atoms with E-state index in [-0.39, 0.29) is 24.2 Å². The van der Waals surface area contributed by atoms with Crippen LogP contribution in [0.25, 0.3) is 0 Å². The van der Waals surface area contributed by atoms with Crippen LogP contribution in [0.3, 0.4) is 0 Å². The molecule has 0 saturated carbocycles. The number of rotatable bonds is 8. The fourth-order valence-electron chi connectivity index (χ4n) is 2.80. The molecule has 0 aliphatic carbocycles. The summed E-state index contributed by atoms with van der Waals surface area (Å²) < 4.78 is 18.9. The Balaban J connectivity index is 2.00. The van der Waals surface area contributed by atoms with Gasteiger partial charge in [-0.25, -0.2) is 4.39 Å². The fraction of sp³-hybridized carbons (Fsp3) is 0.381. The van der Waals surface area contributed by atoms with Crippen LogP contribution in [0.2, 0.25) is 0 Å². The summed E-state index contributed by atoms with van der Waals surface area (Å²) in [5.74, 6) is 0.908. The Hall–Kier alpha value is -2.36. The molecule has 0 spiro atoms. The largest absolute Gasteiger partial charge is 0.497 e. The van der Waals surface area contributed by atoms with Gasteiger partial charge in [-0.2, -0.15) is 0 Å². The average Bonchev–Trinajstić information content (AvgIpc) is 2.60. The first-order valence-corrected chi connectivity index (χ1v) is 8.66. The van der Waals surface area contributed by atoms with Crippen molar-refractivity contribution in [1.29, 1.82) is 0 Å². The van der Waals surface area contributed by atoms with Gasteiger partial charge in [0.1, 0.15) is 11.6 Å². The number of methoxy groups -OCH3 is 1. The Morgan fingerprint density at radius 1 is 1.12 bits per heavy atom. The van der Waals surface area contributed by atoms with Crippen LogP contribution in [0.5, 0.6) is 5.75 Å². The number of carbonyl (C=O) groups excluding carboxylic acids is 1. The minimum Gasteiger partial charge on any atom is -0.497 e. The Kier molecular flexibility index (Phi) is 6.99. The molecule has 0 bridgehead atoms. The SMILES string of the molecule is COc1ccc([C@@H](CC(C)C)NC(=O)CCc2ccccc2F)cc1. The maximum absolute atomic E-state index is 13.7. The predicted molar refractivity (Wildman–Crippen MR) is 98.1 cm³/mol. The second kappa shape index (κ2) is 9.21. The summed E-state index contributed by atoms with van der Waals surface area (Å²) in [6.07, 6.45) is 1.51.